The first-order valence-corrected chi connectivity index (χ1v) is 3.99. The molecule has 68 valence electrons. The highest BCUT2D eigenvalue weighted by Gasteiger charge is 2.16. The smallest absolute Gasteiger partial charge is 0.265 e. The maximum Gasteiger partial charge on any atom is 0.265 e. The molecule has 0 aliphatic rings. The van der Waals surface area contributed by atoms with E-state index in [1.165, 1.54) is 0 Å². The van der Waals surface area contributed by atoms with Gasteiger partial charge in [0.1, 0.15) is 11.9 Å². The van der Waals surface area contributed by atoms with Gasteiger partial charge in [-0.1, -0.05) is 0 Å². The number of halogens is 3. The van der Waals surface area contributed by atoms with Crippen molar-refractivity contribution < 1.29 is 8.78 Å². The predicted molar refractivity (Wildman–Crippen MR) is 46.0 cm³/mol. The Labute approximate surface area is 81.3 Å². The Kier molecular flexibility index (Phi) is 2.78. The molecule has 3 nitrogen and oxygen atoms in total. The molecule has 0 saturated heterocycles. The monoisotopic (exact) mass is 247 g/mol. The topological polar surface area (TPSA) is 62.7 Å². The summed E-state index contributed by atoms with van der Waals surface area (Å²) in [5.74, 6) is -0.0879. The molecule has 1 heterocycles. The second-order valence-corrected chi connectivity index (χ2v) is 3.00. The molecule has 0 aliphatic carbocycles. The van der Waals surface area contributed by atoms with E-state index in [0.717, 1.165) is 6.07 Å². The zero-order valence-electron chi connectivity index (χ0n) is 6.26. The van der Waals surface area contributed by atoms with Gasteiger partial charge in [0.2, 0.25) is 0 Å². The van der Waals surface area contributed by atoms with Gasteiger partial charge in [-0.05, 0) is 22.0 Å². The fourth-order valence-electron chi connectivity index (χ4n) is 0.803. The minimum atomic E-state index is -2.67. The molecule has 0 unspecified atom stereocenters. The first kappa shape index (κ1) is 9.86. The van der Waals surface area contributed by atoms with E-state index >= 15 is 0 Å². The van der Waals surface area contributed by atoms with Gasteiger partial charge in [0.05, 0.1) is 4.47 Å². The molecule has 0 radical (unpaired) electrons. The summed E-state index contributed by atoms with van der Waals surface area (Å²) in [4.78, 5) is 3.57. The molecule has 6 heteroatoms. The number of nitrogen functional groups attached to an aromatic ring is 1. The maximum atomic E-state index is 12.3. The van der Waals surface area contributed by atoms with Crippen LogP contribution in [-0.2, 0) is 0 Å². The molecular formula is C7H4BrF2N3. The van der Waals surface area contributed by atoms with Crippen LogP contribution in [0.25, 0.3) is 0 Å². The van der Waals surface area contributed by atoms with Crippen molar-refractivity contribution >= 4 is 21.7 Å². The molecule has 0 fully saturated rings. The summed E-state index contributed by atoms with van der Waals surface area (Å²) in [6.07, 6.45) is -2.67. The van der Waals surface area contributed by atoms with Crippen LogP contribution in [0.15, 0.2) is 10.5 Å². The summed E-state index contributed by atoms with van der Waals surface area (Å²) in [6.45, 7) is 0. The van der Waals surface area contributed by atoms with Crippen LogP contribution in [0, 0.1) is 11.3 Å². The average Bonchev–Trinajstić information content (AvgIpc) is 2.08. The summed E-state index contributed by atoms with van der Waals surface area (Å²) in [7, 11) is 0. The SMILES string of the molecule is N#Cc1nc(N)cc(C(F)F)c1Br. The van der Waals surface area contributed by atoms with Crippen LogP contribution in [0.2, 0.25) is 0 Å². The number of nitrogens with two attached hydrogens (primary N) is 1. The first-order chi connectivity index (χ1) is 6.06. The Morgan fingerprint density at radius 1 is 1.62 bits per heavy atom. The molecule has 0 spiro atoms. The van der Waals surface area contributed by atoms with Gasteiger partial charge in [-0.2, -0.15) is 5.26 Å². The van der Waals surface area contributed by atoms with Crippen molar-refractivity contribution in [1.82, 2.24) is 4.98 Å². The lowest BCUT2D eigenvalue weighted by Crippen LogP contribution is -1.98. The molecule has 1 rings (SSSR count). The molecule has 0 saturated carbocycles. The number of nitrogens with zero attached hydrogens (tertiary/aromatic N) is 2. The summed E-state index contributed by atoms with van der Waals surface area (Å²) in [5, 5.41) is 8.51. The van der Waals surface area contributed by atoms with E-state index < -0.39 is 6.43 Å². The van der Waals surface area contributed by atoms with Crippen molar-refractivity contribution in [2.45, 2.75) is 6.43 Å². The van der Waals surface area contributed by atoms with Gasteiger partial charge in [-0.25, -0.2) is 13.8 Å². The quantitative estimate of drug-likeness (QED) is 0.828. The maximum absolute atomic E-state index is 12.3. The van der Waals surface area contributed by atoms with Gasteiger partial charge < -0.3 is 5.73 Å². The molecule has 0 amide bonds. The van der Waals surface area contributed by atoms with E-state index in [1.807, 2.05) is 0 Å². The van der Waals surface area contributed by atoms with Crippen LogP contribution in [0.3, 0.4) is 0 Å². The second kappa shape index (κ2) is 3.66. The zero-order valence-corrected chi connectivity index (χ0v) is 7.85. The van der Waals surface area contributed by atoms with Crippen molar-refractivity contribution in [2.75, 3.05) is 5.73 Å². The van der Waals surface area contributed by atoms with E-state index in [0.29, 0.717) is 0 Å². The molecule has 1 aromatic rings. The highest BCUT2D eigenvalue weighted by Crippen LogP contribution is 2.30. The number of rotatable bonds is 1. The lowest BCUT2D eigenvalue weighted by atomic mass is 10.2. The normalized spacial score (nSPS) is 10.1. The number of alkyl halides is 2. The Morgan fingerprint density at radius 2 is 2.23 bits per heavy atom. The fraction of sp³-hybridized carbons (Fsp3) is 0.143. The predicted octanol–water partition coefficient (Wildman–Crippen LogP) is 2.24. The number of nitriles is 1. The standard InChI is InChI=1S/C7H4BrF2N3/c8-6-3(7(9)10)1-5(12)13-4(6)2-11/h1,7H,(H2,12,13). The third-order valence-electron chi connectivity index (χ3n) is 1.35. The van der Waals surface area contributed by atoms with Crippen molar-refractivity contribution in [3.8, 4) is 6.07 Å². The molecule has 0 aromatic carbocycles. The minimum Gasteiger partial charge on any atom is -0.384 e. The number of hydrogen-bond donors (Lipinski definition) is 1. The van der Waals surface area contributed by atoms with E-state index in [-0.39, 0.29) is 21.5 Å². The minimum absolute atomic E-state index is 0.000741. The van der Waals surface area contributed by atoms with Crippen molar-refractivity contribution in [3.05, 3.63) is 21.8 Å². The van der Waals surface area contributed by atoms with Gasteiger partial charge in [0, 0.05) is 5.56 Å². The Morgan fingerprint density at radius 3 is 2.69 bits per heavy atom. The number of hydrogen-bond acceptors (Lipinski definition) is 3. The third-order valence-corrected chi connectivity index (χ3v) is 2.18. The molecule has 1 aromatic heterocycles. The van der Waals surface area contributed by atoms with Crippen molar-refractivity contribution in [2.24, 2.45) is 0 Å². The molecular weight excluding hydrogens is 244 g/mol. The van der Waals surface area contributed by atoms with Gasteiger partial charge >= 0.3 is 0 Å². The Balaban J connectivity index is 3.38. The van der Waals surface area contributed by atoms with E-state index in [2.05, 4.69) is 20.9 Å². The Hall–Kier alpha value is -1.22. The lowest BCUT2D eigenvalue weighted by Gasteiger charge is -2.04. The number of anilines is 1. The average molecular weight is 248 g/mol. The van der Waals surface area contributed by atoms with Crippen LogP contribution in [-0.4, -0.2) is 4.98 Å². The summed E-state index contributed by atoms with van der Waals surface area (Å²) in [5.41, 5.74) is 4.78. The van der Waals surface area contributed by atoms with E-state index in [1.54, 1.807) is 6.07 Å². The fourth-order valence-corrected chi connectivity index (χ4v) is 1.27. The van der Waals surface area contributed by atoms with Crippen LogP contribution in [0.1, 0.15) is 17.7 Å². The van der Waals surface area contributed by atoms with Gasteiger partial charge in [0.15, 0.2) is 5.69 Å². The summed E-state index contributed by atoms with van der Waals surface area (Å²) in [6, 6.07) is 2.70. The molecule has 13 heavy (non-hydrogen) atoms. The van der Waals surface area contributed by atoms with Gasteiger partial charge in [-0.15, -0.1) is 0 Å². The van der Waals surface area contributed by atoms with E-state index in [4.69, 9.17) is 11.0 Å². The third kappa shape index (κ3) is 1.92. The molecule has 0 aliphatic heterocycles. The van der Waals surface area contributed by atoms with E-state index in [9.17, 15) is 8.78 Å². The molecule has 0 atom stereocenters. The lowest BCUT2D eigenvalue weighted by molar-refractivity contribution is 0.150. The number of pyridine rings is 1. The van der Waals surface area contributed by atoms with Gasteiger partial charge in [0.25, 0.3) is 6.43 Å². The first-order valence-electron chi connectivity index (χ1n) is 3.20. The molecule has 2 N–H and O–H groups in total. The van der Waals surface area contributed by atoms with Crippen molar-refractivity contribution in [1.29, 1.82) is 5.26 Å². The van der Waals surface area contributed by atoms with Crippen LogP contribution < -0.4 is 5.73 Å². The van der Waals surface area contributed by atoms with Crippen LogP contribution >= 0.6 is 15.9 Å². The highest BCUT2D eigenvalue weighted by molar-refractivity contribution is 9.10. The number of aromatic nitrogens is 1. The highest BCUT2D eigenvalue weighted by atomic mass is 79.9. The Bertz CT molecular complexity index is 373. The largest absolute Gasteiger partial charge is 0.384 e. The van der Waals surface area contributed by atoms with Crippen LogP contribution in [0.5, 0.6) is 0 Å². The zero-order chi connectivity index (χ0) is 10.0. The van der Waals surface area contributed by atoms with Crippen LogP contribution in [0.4, 0.5) is 14.6 Å². The summed E-state index contributed by atoms with van der Waals surface area (Å²) >= 11 is 2.86. The molecule has 0 bridgehead atoms. The second-order valence-electron chi connectivity index (χ2n) is 2.21. The van der Waals surface area contributed by atoms with Gasteiger partial charge in [-0.3, -0.25) is 0 Å². The summed E-state index contributed by atoms with van der Waals surface area (Å²) < 4.78 is 24.6. The van der Waals surface area contributed by atoms with Crippen molar-refractivity contribution in [3.63, 3.8) is 0 Å².